The Balaban J connectivity index is 1.91. The van der Waals surface area contributed by atoms with Crippen molar-refractivity contribution in [2.45, 2.75) is 19.9 Å². The second-order valence-electron chi connectivity index (χ2n) is 6.94. The van der Waals surface area contributed by atoms with E-state index in [1.54, 1.807) is 19.2 Å². The highest BCUT2D eigenvalue weighted by Gasteiger charge is 2.34. The predicted octanol–water partition coefficient (Wildman–Crippen LogP) is 2.94. The molecule has 0 bridgehead atoms. The lowest BCUT2D eigenvalue weighted by atomic mass is 9.88. The van der Waals surface area contributed by atoms with Crippen LogP contribution in [0.15, 0.2) is 30.3 Å². The van der Waals surface area contributed by atoms with Gasteiger partial charge >= 0.3 is 6.03 Å². The van der Waals surface area contributed by atoms with E-state index >= 15 is 0 Å². The minimum Gasteiger partial charge on any atom is -0.496 e. The van der Waals surface area contributed by atoms with Gasteiger partial charge in [-0.3, -0.25) is 9.69 Å². The van der Waals surface area contributed by atoms with Crippen molar-refractivity contribution in [2.75, 3.05) is 31.6 Å². The van der Waals surface area contributed by atoms with E-state index in [0.717, 1.165) is 36.2 Å². The third-order valence-electron chi connectivity index (χ3n) is 5.45. The van der Waals surface area contributed by atoms with Gasteiger partial charge in [0.2, 0.25) is 0 Å². The van der Waals surface area contributed by atoms with Crippen molar-refractivity contribution in [3.05, 3.63) is 47.3 Å². The molecule has 0 atom stereocenters. The summed E-state index contributed by atoms with van der Waals surface area (Å²) in [6, 6.07) is 7.68. The number of likely N-dealkylation sites (N-methyl/N-ethyl adjacent to an activating group) is 1. The second-order valence-corrected chi connectivity index (χ2v) is 6.94. The number of nitrogens with zero attached hydrogens (tertiary/aromatic N) is 2. The lowest BCUT2D eigenvalue weighted by molar-refractivity contribution is -0.115. The summed E-state index contributed by atoms with van der Waals surface area (Å²) in [5.41, 5.74) is 4.11. The normalized spacial score (nSPS) is 16.9. The fraction of sp³-hybridized carbons (Fsp3) is 0.333. The van der Waals surface area contributed by atoms with Crippen LogP contribution < -0.4 is 15.0 Å². The molecule has 2 aliphatic heterocycles. The van der Waals surface area contributed by atoms with Crippen LogP contribution in [0.3, 0.4) is 0 Å². The average molecular weight is 383 g/mol. The van der Waals surface area contributed by atoms with Gasteiger partial charge in [0.15, 0.2) is 0 Å². The summed E-state index contributed by atoms with van der Waals surface area (Å²) < 4.78 is 19.4. The molecule has 0 aliphatic carbocycles. The van der Waals surface area contributed by atoms with Gasteiger partial charge in [0, 0.05) is 18.7 Å². The number of ether oxygens (including phenoxy) is 1. The first-order valence-electron chi connectivity index (χ1n) is 9.35. The Hall–Kier alpha value is -2.93. The molecule has 2 aromatic rings. The smallest absolute Gasteiger partial charge is 0.329 e. The van der Waals surface area contributed by atoms with Crippen molar-refractivity contribution in [2.24, 2.45) is 0 Å². The molecule has 0 aromatic heterocycles. The number of benzene rings is 2. The first kappa shape index (κ1) is 18.4. The average Bonchev–Trinajstić information content (AvgIpc) is 3.04. The Morgan fingerprint density at radius 1 is 1.14 bits per heavy atom. The quantitative estimate of drug-likeness (QED) is 0.825. The topological polar surface area (TPSA) is 61.9 Å². The van der Waals surface area contributed by atoms with E-state index in [9.17, 15) is 14.0 Å². The third-order valence-corrected chi connectivity index (χ3v) is 5.45. The van der Waals surface area contributed by atoms with Crippen molar-refractivity contribution < 1.29 is 18.7 Å². The van der Waals surface area contributed by atoms with Crippen LogP contribution in [-0.4, -0.2) is 43.6 Å². The monoisotopic (exact) mass is 383 g/mol. The molecule has 4 rings (SSSR count). The molecule has 6 nitrogen and oxygen atoms in total. The lowest BCUT2D eigenvalue weighted by Gasteiger charge is -2.32. The largest absolute Gasteiger partial charge is 0.496 e. The van der Waals surface area contributed by atoms with Gasteiger partial charge in [0.1, 0.15) is 11.6 Å². The number of hydrogen-bond acceptors (Lipinski definition) is 4. The van der Waals surface area contributed by atoms with E-state index in [1.165, 1.54) is 17.0 Å². The number of fused-ring (bicyclic) bond motifs is 1. The molecule has 28 heavy (non-hydrogen) atoms. The van der Waals surface area contributed by atoms with Gasteiger partial charge in [-0.05, 0) is 53.9 Å². The molecular weight excluding hydrogens is 361 g/mol. The maximum absolute atomic E-state index is 14.0. The third kappa shape index (κ3) is 3.01. The van der Waals surface area contributed by atoms with E-state index in [0.29, 0.717) is 23.5 Å². The Bertz CT molecular complexity index is 944. The Morgan fingerprint density at radius 3 is 2.64 bits per heavy atom. The molecule has 0 radical (unpaired) electrons. The summed E-state index contributed by atoms with van der Waals surface area (Å²) >= 11 is 0. The fourth-order valence-corrected chi connectivity index (χ4v) is 4.00. The molecule has 0 spiro atoms. The van der Waals surface area contributed by atoms with Crippen LogP contribution in [-0.2, 0) is 17.8 Å². The van der Waals surface area contributed by atoms with Gasteiger partial charge in [-0.25, -0.2) is 14.1 Å². The molecule has 2 aliphatic rings. The van der Waals surface area contributed by atoms with E-state index < -0.39 is 6.03 Å². The number of carbonyl (C=O) groups excluding carboxylic acids is 2. The fourth-order valence-electron chi connectivity index (χ4n) is 4.00. The van der Waals surface area contributed by atoms with Crippen LogP contribution >= 0.6 is 0 Å². The number of rotatable bonds is 4. The summed E-state index contributed by atoms with van der Waals surface area (Å²) in [7, 11) is 1.56. The van der Waals surface area contributed by atoms with Gasteiger partial charge in [-0.1, -0.05) is 13.0 Å². The zero-order chi connectivity index (χ0) is 19.8. The first-order valence-corrected chi connectivity index (χ1v) is 9.35. The maximum atomic E-state index is 14.0. The standard InChI is InChI=1S/C21H22FN3O3/c1-3-24-9-8-15-14(16-10-13(22)4-7-19(16)28-2)5-6-18(17(15)12-24)25-20(26)11-23-21(25)27/h4-7,10H,3,8-9,11-12H2,1-2H3,(H,23,27). The summed E-state index contributed by atoms with van der Waals surface area (Å²) in [6.07, 6.45) is 0.746. The van der Waals surface area contributed by atoms with E-state index in [4.69, 9.17) is 4.74 Å². The van der Waals surface area contributed by atoms with Gasteiger partial charge in [-0.2, -0.15) is 0 Å². The van der Waals surface area contributed by atoms with Crippen molar-refractivity contribution >= 4 is 17.6 Å². The Morgan fingerprint density at radius 2 is 1.96 bits per heavy atom. The van der Waals surface area contributed by atoms with Crippen LogP contribution in [0.5, 0.6) is 5.75 Å². The molecule has 7 heteroatoms. The minimum absolute atomic E-state index is 0.00453. The van der Waals surface area contributed by atoms with Gasteiger partial charge in [0.05, 0.1) is 19.3 Å². The van der Waals surface area contributed by atoms with E-state index in [-0.39, 0.29) is 18.3 Å². The van der Waals surface area contributed by atoms with Crippen molar-refractivity contribution in [1.82, 2.24) is 10.2 Å². The molecule has 2 heterocycles. The molecular formula is C21H22FN3O3. The number of nitrogens with one attached hydrogen (secondary N) is 1. The number of hydrogen-bond donors (Lipinski definition) is 1. The van der Waals surface area contributed by atoms with Gasteiger partial charge < -0.3 is 10.1 Å². The molecule has 1 saturated heterocycles. The minimum atomic E-state index is -0.406. The van der Waals surface area contributed by atoms with Gasteiger partial charge in [0.25, 0.3) is 5.91 Å². The zero-order valence-corrected chi connectivity index (χ0v) is 15.9. The number of anilines is 1. The predicted molar refractivity (Wildman–Crippen MR) is 104 cm³/mol. The zero-order valence-electron chi connectivity index (χ0n) is 15.9. The highest BCUT2D eigenvalue weighted by Crippen LogP contribution is 2.40. The summed E-state index contributed by atoms with van der Waals surface area (Å²) in [5, 5.41) is 2.58. The van der Waals surface area contributed by atoms with Crippen LogP contribution in [0.2, 0.25) is 0 Å². The highest BCUT2D eigenvalue weighted by atomic mass is 19.1. The number of methoxy groups -OCH3 is 1. The van der Waals surface area contributed by atoms with Crippen LogP contribution in [0.1, 0.15) is 18.1 Å². The molecule has 0 saturated carbocycles. The molecule has 146 valence electrons. The van der Waals surface area contributed by atoms with E-state index in [1.807, 2.05) is 6.07 Å². The van der Waals surface area contributed by atoms with Crippen LogP contribution in [0.4, 0.5) is 14.9 Å². The van der Waals surface area contributed by atoms with Crippen molar-refractivity contribution in [3.8, 4) is 16.9 Å². The van der Waals surface area contributed by atoms with Crippen molar-refractivity contribution in [3.63, 3.8) is 0 Å². The van der Waals surface area contributed by atoms with Crippen LogP contribution in [0.25, 0.3) is 11.1 Å². The first-order chi connectivity index (χ1) is 13.5. The molecule has 0 unspecified atom stereocenters. The SMILES string of the molecule is CCN1CCc2c(-c3cc(F)ccc3OC)ccc(N3C(=O)CNC3=O)c2C1. The molecule has 1 fully saturated rings. The van der Waals surface area contributed by atoms with E-state index in [2.05, 4.69) is 17.1 Å². The second kappa shape index (κ2) is 7.24. The highest BCUT2D eigenvalue weighted by molar-refractivity contribution is 6.20. The summed E-state index contributed by atoms with van der Waals surface area (Å²) in [4.78, 5) is 28.0. The number of carbonyl (C=O) groups is 2. The Kier molecular flexibility index (Phi) is 4.77. The van der Waals surface area contributed by atoms with Crippen LogP contribution in [0, 0.1) is 5.82 Å². The number of urea groups is 1. The number of imide groups is 1. The molecule has 2 aromatic carbocycles. The van der Waals surface area contributed by atoms with Gasteiger partial charge in [-0.15, -0.1) is 0 Å². The summed E-state index contributed by atoms with van der Waals surface area (Å²) in [6.45, 7) is 4.44. The number of halogens is 1. The summed E-state index contributed by atoms with van der Waals surface area (Å²) in [5.74, 6) is -0.0186. The van der Waals surface area contributed by atoms with Crippen molar-refractivity contribution in [1.29, 1.82) is 0 Å². The number of amides is 3. The lowest BCUT2D eigenvalue weighted by Crippen LogP contribution is -2.36. The molecule has 3 amide bonds. The maximum Gasteiger partial charge on any atom is 0.329 e. The molecule has 1 N–H and O–H groups in total. The Labute approximate surface area is 162 Å².